The second-order valence-electron chi connectivity index (χ2n) is 6.00. The minimum Gasteiger partial charge on any atom is -0.494 e. The smallest absolute Gasteiger partial charge is 0.224 e. The first kappa shape index (κ1) is 18.1. The van der Waals surface area contributed by atoms with Crippen molar-refractivity contribution in [3.63, 3.8) is 0 Å². The lowest BCUT2D eigenvalue weighted by molar-refractivity contribution is -0.116. The molecule has 26 heavy (non-hydrogen) atoms. The van der Waals surface area contributed by atoms with Gasteiger partial charge in [0.05, 0.1) is 21.8 Å². The Morgan fingerprint density at radius 1 is 1.15 bits per heavy atom. The molecule has 3 aromatic rings. The summed E-state index contributed by atoms with van der Waals surface area (Å²) < 4.78 is 6.67. The van der Waals surface area contributed by atoms with Crippen molar-refractivity contribution in [2.75, 3.05) is 11.9 Å². The molecule has 0 fully saturated rings. The summed E-state index contributed by atoms with van der Waals surface area (Å²) in [4.78, 5) is 27.7. The monoisotopic (exact) mass is 368 g/mol. The van der Waals surface area contributed by atoms with Gasteiger partial charge in [-0.2, -0.15) is 0 Å². The minimum atomic E-state index is -0.0406. The van der Waals surface area contributed by atoms with Crippen LogP contribution in [-0.2, 0) is 4.79 Å². The first-order valence-corrected chi connectivity index (χ1v) is 9.24. The Morgan fingerprint density at radius 3 is 2.65 bits per heavy atom. The van der Waals surface area contributed by atoms with Gasteiger partial charge < -0.3 is 10.1 Å². The molecule has 0 radical (unpaired) electrons. The van der Waals surface area contributed by atoms with Crippen molar-refractivity contribution in [2.24, 2.45) is 0 Å². The normalized spacial score (nSPS) is 10.7. The molecule has 0 atom stereocenters. The van der Waals surface area contributed by atoms with Gasteiger partial charge in [0.1, 0.15) is 5.75 Å². The van der Waals surface area contributed by atoms with E-state index in [9.17, 15) is 9.59 Å². The summed E-state index contributed by atoms with van der Waals surface area (Å²) in [7, 11) is 0. The molecule has 0 aliphatic carbocycles. The van der Waals surface area contributed by atoms with E-state index in [0.717, 1.165) is 20.9 Å². The highest BCUT2D eigenvalue weighted by atomic mass is 32.1. The number of Topliss-reactive ketones (excluding diaryl/α,β-unsaturated/α-hetero) is 1. The van der Waals surface area contributed by atoms with E-state index in [2.05, 4.69) is 10.3 Å². The van der Waals surface area contributed by atoms with Crippen LogP contribution < -0.4 is 10.1 Å². The summed E-state index contributed by atoms with van der Waals surface area (Å²) in [6, 6.07) is 12.7. The van der Waals surface area contributed by atoms with Crippen LogP contribution >= 0.6 is 11.3 Å². The molecule has 1 aromatic heterocycles. The first-order chi connectivity index (χ1) is 12.5. The zero-order chi connectivity index (χ0) is 18.5. The number of anilines is 1. The van der Waals surface area contributed by atoms with Crippen molar-refractivity contribution in [3.8, 4) is 5.75 Å². The van der Waals surface area contributed by atoms with Crippen LogP contribution in [0.25, 0.3) is 10.2 Å². The average molecular weight is 368 g/mol. The van der Waals surface area contributed by atoms with Gasteiger partial charge in [-0.05, 0) is 62.7 Å². The molecule has 0 saturated carbocycles. The number of carbonyl (C=O) groups excluding carboxylic acids is 2. The van der Waals surface area contributed by atoms with E-state index in [1.807, 2.05) is 25.1 Å². The van der Waals surface area contributed by atoms with E-state index in [0.29, 0.717) is 30.8 Å². The zero-order valence-corrected chi connectivity index (χ0v) is 15.6. The third-order valence-corrected chi connectivity index (χ3v) is 4.79. The van der Waals surface area contributed by atoms with Gasteiger partial charge >= 0.3 is 0 Å². The van der Waals surface area contributed by atoms with Crippen molar-refractivity contribution in [2.45, 2.75) is 26.7 Å². The minimum absolute atomic E-state index is 0.0277. The highest BCUT2D eigenvalue weighted by molar-refractivity contribution is 7.18. The van der Waals surface area contributed by atoms with Crippen LogP contribution in [0, 0.1) is 6.92 Å². The number of carbonyl (C=O) groups is 2. The lowest BCUT2D eigenvalue weighted by Gasteiger charge is -2.07. The number of hydrogen-bond acceptors (Lipinski definition) is 5. The molecule has 0 unspecified atom stereocenters. The van der Waals surface area contributed by atoms with Crippen molar-refractivity contribution < 1.29 is 14.3 Å². The molecule has 1 N–H and O–H groups in total. The van der Waals surface area contributed by atoms with Gasteiger partial charge in [0.2, 0.25) is 5.91 Å². The maximum absolute atomic E-state index is 12.1. The molecule has 1 amide bonds. The van der Waals surface area contributed by atoms with E-state index in [-0.39, 0.29) is 11.7 Å². The number of ether oxygens (including phenoxy) is 1. The predicted octanol–water partition coefficient (Wildman–Crippen LogP) is 4.61. The summed E-state index contributed by atoms with van der Waals surface area (Å²) in [6.07, 6.45) is 0.994. The maximum atomic E-state index is 12.1. The maximum Gasteiger partial charge on any atom is 0.224 e. The fraction of sp³-hybridized carbons (Fsp3) is 0.250. The lowest BCUT2D eigenvalue weighted by atomic mass is 10.1. The van der Waals surface area contributed by atoms with Crippen LogP contribution in [0.4, 0.5) is 5.69 Å². The summed E-state index contributed by atoms with van der Waals surface area (Å²) in [5.41, 5.74) is 2.39. The number of nitrogens with one attached hydrogen (secondary N) is 1. The van der Waals surface area contributed by atoms with E-state index >= 15 is 0 Å². The summed E-state index contributed by atoms with van der Waals surface area (Å²) >= 11 is 1.61. The SMILES string of the molecule is CC(=O)c1ccc(OCCCC(=O)Nc2ccc3nc(C)sc3c2)cc1. The number of rotatable bonds is 7. The molecule has 1 heterocycles. The number of fused-ring (bicyclic) bond motifs is 1. The standard InChI is InChI=1S/C20H20N2O3S/c1-13(23)15-5-8-17(9-6-15)25-11-3-4-20(24)22-16-7-10-18-19(12-16)26-14(2)21-18/h5-10,12H,3-4,11H2,1-2H3,(H,22,24). The summed E-state index contributed by atoms with van der Waals surface area (Å²) in [5, 5.41) is 3.92. The van der Waals surface area contributed by atoms with Crippen molar-refractivity contribution in [1.82, 2.24) is 4.98 Å². The number of hydrogen-bond donors (Lipinski definition) is 1. The molecule has 3 rings (SSSR count). The molecule has 6 heteroatoms. The van der Waals surface area contributed by atoms with E-state index < -0.39 is 0 Å². The molecule has 0 saturated heterocycles. The van der Waals surface area contributed by atoms with Crippen LogP contribution in [0.5, 0.6) is 5.75 Å². The molecule has 134 valence electrons. The molecular formula is C20H20N2O3S. The predicted molar refractivity (Wildman–Crippen MR) is 104 cm³/mol. The van der Waals surface area contributed by atoms with Gasteiger partial charge in [-0.25, -0.2) is 4.98 Å². The van der Waals surface area contributed by atoms with Gasteiger partial charge in [-0.3, -0.25) is 9.59 Å². The molecule has 0 bridgehead atoms. The van der Waals surface area contributed by atoms with Gasteiger partial charge in [0, 0.05) is 17.7 Å². The van der Waals surface area contributed by atoms with Crippen molar-refractivity contribution >= 4 is 38.9 Å². The van der Waals surface area contributed by atoms with E-state index in [4.69, 9.17) is 4.74 Å². The number of thiazole rings is 1. The fourth-order valence-electron chi connectivity index (χ4n) is 2.55. The Hall–Kier alpha value is -2.73. The molecular weight excluding hydrogens is 348 g/mol. The summed E-state index contributed by atoms with van der Waals surface area (Å²) in [5.74, 6) is 0.683. The van der Waals surface area contributed by atoms with E-state index in [1.54, 1.807) is 35.6 Å². The average Bonchev–Trinajstić information content (AvgIpc) is 2.98. The molecule has 0 aliphatic heterocycles. The third kappa shape index (κ3) is 4.67. The second kappa shape index (κ2) is 8.10. The lowest BCUT2D eigenvalue weighted by Crippen LogP contribution is -2.12. The number of nitrogens with zero attached hydrogens (tertiary/aromatic N) is 1. The van der Waals surface area contributed by atoms with Crippen LogP contribution in [-0.4, -0.2) is 23.3 Å². The van der Waals surface area contributed by atoms with Crippen LogP contribution in [0.2, 0.25) is 0 Å². The summed E-state index contributed by atoms with van der Waals surface area (Å²) in [6.45, 7) is 3.94. The zero-order valence-electron chi connectivity index (χ0n) is 14.7. The number of amides is 1. The van der Waals surface area contributed by atoms with Gasteiger partial charge in [0.15, 0.2) is 5.78 Å². The van der Waals surface area contributed by atoms with E-state index in [1.165, 1.54) is 6.92 Å². The second-order valence-corrected chi connectivity index (χ2v) is 7.23. The Bertz CT molecular complexity index is 932. The van der Waals surface area contributed by atoms with Gasteiger partial charge in [-0.15, -0.1) is 11.3 Å². The topological polar surface area (TPSA) is 68.3 Å². The highest BCUT2D eigenvalue weighted by Crippen LogP contribution is 2.24. The number of aryl methyl sites for hydroxylation is 1. The third-order valence-electron chi connectivity index (χ3n) is 3.86. The molecule has 2 aromatic carbocycles. The first-order valence-electron chi connectivity index (χ1n) is 8.42. The van der Waals surface area contributed by atoms with Crippen LogP contribution in [0.15, 0.2) is 42.5 Å². The van der Waals surface area contributed by atoms with Gasteiger partial charge in [0.25, 0.3) is 0 Å². The van der Waals surface area contributed by atoms with Crippen molar-refractivity contribution in [1.29, 1.82) is 0 Å². The molecule has 0 aliphatic rings. The Labute approximate surface area is 156 Å². The Balaban J connectivity index is 1.44. The number of benzene rings is 2. The molecule has 0 spiro atoms. The Kier molecular flexibility index (Phi) is 5.63. The number of ketones is 1. The van der Waals surface area contributed by atoms with Crippen LogP contribution in [0.3, 0.4) is 0 Å². The van der Waals surface area contributed by atoms with Crippen LogP contribution in [0.1, 0.15) is 35.1 Å². The fourth-order valence-corrected chi connectivity index (χ4v) is 3.42. The Morgan fingerprint density at radius 2 is 1.92 bits per heavy atom. The van der Waals surface area contributed by atoms with Crippen molar-refractivity contribution in [3.05, 3.63) is 53.0 Å². The molecule has 5 nitrogen and oxygen atoms in total. The highest BCUT2D eigenvalue weighted by Gasteiger charge is 2.06. The number of aromatic nitrogens is 1. The van der Waals surface area contributed by atoms with Gasteiger partial charge in [-0.1, -0.05) is 0 Å². The quantitative estimate of drug-likeness (QED) is 0.489. The largest absolute Gasteiger partial charge is 0.494 e.